The third-order valence-electron chi connectivity index (χ3n) is 7.06. The molecule has 0 radical (unpaired) electrons. The van der Waals surface area contributed by atoms with Gasteiger partial charge < -0.3 is 0 Å². The Hall–Kier alpha value is -3.75. The number of sulfone groups is 1. The van der Waals surface area contributed by atoms with Gasteiger partial charge in [0.25, 0.3) is 0 Å². The third-order valence-corrected chi connectivity index (χ3v) is 10.9. The van der Waals surface area contributed by atoms with E-state index in [1.807, 2.05) is 36.4 Å². The zero-order valence-corrected chi connectivity index (χ0v) is 24.6. The van der Waals surface area contributed by atoms with E-state index >= 15 is 0 Å². The molecule has 0 bridgehead atoms. The number of sulfonamides is 1. The van der Waals surface area contributed by atoms with Crippen molar-refractivity contribution in [3.63, 3.8) is 0 Å². The van der Waals surface area contributed by atoms with Gasteiger partial charge in [0.2, 0.25) is 19.9 Å². The smallest absolute Gasteiger partial charge is 0.240 e. The third kappa shape index (κ3) is 5.99. The van der Waals surface area contributed by atoms with Crippen LogP contribution in [0.25, 0.3) is 23.0 Å². The Labute approximate surface area is 245 Å². The van der Waals surface area contributed by atoms with Gasteiger partial charge in [0.15, 0.2) is 0 Å². The molecule has 0 spiro atoms. The Bertz CT molecular complexity index is 1850. The average Bonchev–Trinajstić information content (AvgIpc) is 3.41. The quantitative estimate of drug-likeness (QED) is 0.240. The molecule has 4 aromatic rings. The second-order valence-corrected chi connectivity index (χ2v) is 14.2. The van der Waals surface area contributed by atoms with Gasteiger partial charge in [0.05, 0.1) is 15.5 Å². The fourth-order valence-electron chi connectivity index (χ4n) is 4.66. The predicted molar refractivity (Wildman–Crippen MR) is 158 cm³/mol. The molecule has 1 aromatic heterocycles. The molecule has 0 amide bonds. The SMILES string of the molecule is CC1CCN(S(=O)(=O)c2cccc(-c3nn(-c4ccccc4)cc3/C=C(\C#N)S(=O)(=O)c3ccc(Cl)cc3)c2)CC1. The number of hydrogen-bond acceptors (Lipinski definition) is 6. The Morgan fingerprint density at radius 3 is 2.29 bits per heavy atom. The van der Waals surface area contributed by atoms with Gasteiger partial charge in [-0.1, -0.05) is 48.9 Å². The van der Waals surface area contributed by atoms with Crippen molar-refractivity contribution < 1.29 is 16.8 Å². The molecule has 0 saturated carbocycles. The summed E-state index contributed by atoms with van der Waals surface area (Å²) in [4.78, 5) is -0.432. The minimum atomic E-state index is -4.17. The van der Waals surface area contributed by atoms with Crippen molar-refractivity contribution in [3.8, 4) is 23.0 Å². The van der Waals surface area contributed by atoms with Crippen LogP contribution in [0.15, 0.2) is 99.8 Å². The number of halogens is 1. The number of nitriles is 1. The number of nitrogens with zero attached hydrogens (tertiary/aromatic N) is 4. The summed E-state index contributed by atoms with van der Waals surface area (Å²) in [5.41, 5.74) is 1.85. The van der Waals surface area contributed by atoms with Crippen molar-refractivity contribution in [1.82, 2.24) is 14.1 Å². The Balaban J connectivity index is 1.62. The molecule has 0 aliphatic carbocycles. The van der Waals surface area contributed by atoms with Crippen molar-refractivity contribution in [1.29, 1.82) is 5.26 Å². The Morgan fingerprint density at radius 1 is 0.951 bits per heavy atom. The highest BCUT2D eigenvalue weighted by molar-refractivity contribution is 7.95. The molecule has 210 valence electrons. The molecular weight excluding hydrogens is 580 g/mol. The van der Waals surface area contributed by atoms with Crippen LogP contribution in [-0.4, -0.2) is 44.0 Å². The second kappa shape index (κ2) is 11.6. The van der Waals surface area contributed by atoms with Gasteiger partial charge in [-0.05, 0) is 73.4 Å². The van der Waals surface area contributed by atoms with Crippen molar-refractivity contribution in [2.75, 3.05) is 13.1 Å². The maximum absolute atomic E-state index is 13.5. The zero-order valence-electron chi connectivity index (χ0n) is 22.2. The van der Waals surface area contributed by atoms with Gasteiger partial charge >= 0.3 is 0 Å². The van der Waals surface area contributed by atoms with Crippen molar-refractivity contribution in [2.45, 2.75) is 29.6 Å². The Morgan fingerprint density at radius 2 is 1.63 bits per heavy atom. The number of benzene rings is 3. The van der Waals surface area contributed by atoms with Crippen LogP contribution < -0.4 is 0 Å². The van der Waals surface area contributed by atoms with Gasteiger partial charge in [0.1, 0.15) is 16.7 Å². The highest BCUT2D eigenvalue weighted by Crippen LogP contribution is 2.31. The molecular formula is C30H27ClN4O4S2. The number of para-hydroxylation sites is 1. The van der Waals surface area contributed by atoms with E-state index in [4.69, 9.17) is 16.7 Å². The molecule has 0 atom stereocenters. The average molecular weight is 607 g/mol. The summed E-state index contributed by atoms with van der Waals surface area (Å²) in [6.07, 6.45) is 4.48. The number of hydrogen-bond donors (Lipinski definition) is 0. The van der Waals surface area contributed by atoms with Crippen LogP contribution in [0.5, 0.6) is 0 Å². The van der Waals surface area contributed by atoms with Crippen molar-refractivity contribution in [2.24, 2.45) is 5.92 Å². The van der Waals surface area contributed by atoms with E-state index in [0.29, 0.717) is 46.5 Å². The lowest BCUT2D eigenvalue weighted by Gasteiger charge is -2.29. The van der Waals surface area contributed by atoms with Crippen LogP contribution in [0.2, 0.25) is 5.02 Å². The molecule has 5 rings (SSSR count). The molecule has 1 aliphatic heterocycles. The maximum Gasteiger partial charge on any atom is 0.243 e. The lowest BCUT2D eigenvalue weighted by Crippen LogP contribution is -2.37. The summed E-state index contributed by atoms with van der Waals surface area (Å²) in [6.45, 7) is 3.03. The first-order valence-electron chi connectivity index (χ1n) is 13.0. The Kier molecular flexibility index (Phi) is 8.16. The summed E-state index contributed by atoms with van der Waals surface area (Å²) in [5, 5.41) is 15.0. The van der Waals surface area contributed by atoms with E-state index in [1.54, 1.807) is 35.1 Å². The molecule has 1 aliphatic rings. The van der Waals surface area contributed by atoms with E-state index in [2.05, 4.69) is 6.92 Å². The molecule has 11 heteroatoms. The van der Waals surface area contributed by atoms with Crippen LogP contribution in [0, 0.1) is 17.2 Å². The van der Waals surface area contributed by atoms with Crippen LogP contribution in [0.3, 0.4) is 0 Å². The maximum atomic E-state index is 13.5. The summed E-state index contributed by atoms with van der Waals surface area (Å²) in [6, 6.07) is 23.0. The van der Waals surface area contributed by atoms with Gasteiger partial charge in [-0.25, -0.2) is 21.5 Å². The topological polar surface area (TPSA) is 113 Å². The van der Waals surface area contributed by atoms with Crippen LogP contribution in [0.1, 0.15) is 25.3 Å². The zero-order chi connectivity index (χ0) is 29.2. The minimum absolute atomic E-state index is 0.0735. The summed E-state index contributed by atoms with van der Waals surface area (Å²) in [7, 11) is -7.91. The van der Waals surface area contributed by atoms with Crippen LogP contribution in [0.4, 0.5) is 0 Å². The summed E-state index contributed by atoms with van der Waals surface area (Å²) >= 11 is 5.92. The molecule has 3 aromatic carbocycles. The first-order valence-corrected chi connectivity index (χ1v) is 16.3. The van der Waals surface area contributed by atoms with E-state index in [0.717, 1.165) is 12.8 Å². The number of aromatic nitrogens is 2. The molecule has 8 nitrogen and oxygen atoms in total. The largest absolute Gasteiger partial charge is 0.243 e. The molecule has 0 unspecified atom stereocenters. The van der Waals surface area contributed by atoms with Gasteiger partial charge in [-0.3, -0.25) is 0 Å². The van der Waals surface area contributed by atoms with Crippen molar-refractivity contribution in [3.05, 3.63) is 101 Å². The van der Waals surface area contributed by atoms with Crippen LogP contribution in [-0.2, 0) is 19.9 Å². The first-order chi connectivity index (χ1) is 19.6. The van der Waals surface area contributed by atoms with Crippen LogP contribution >= 0.6 is 11.6 Å². The van der Waals surface area contributed by atoms with E-state index in [1.165, 1.54) is 34.6 Å². The van der Waals surface area contributed by atoms with Crippen molar-refractivity contribution >= 4 is 37.5 Å². The number of allylic oxidation sites excluding steroid dienone is 1. The van der Waals surface area contributed by atoms with E-state index in [9.17, 15) is 22.1 Å². The van der Waals surface area contributed by atoms with E-state index < -0.39 is 24.8 Å². The van der Waals surface area contributed by atoms with Gasteiger partial charge in [0, 0.05) is 35.4 Å². The number of rotatable bonds is 7. The highest BCUT2D eigenvalue weighted by atomic mass is 35.5. The number of piperidine rings is 1. The highest BCUT2D eigenvalue weighted by Gasteiger charge is 2.29. The van der Waals surface area contributed by atoms with Gasteiger partial charge in [-0.15, -0.1) is 0 Å². The minimum Gasteiger partial charge on any atom is -0.240 e. The lowest BCUT2D eigenvalue weighted by atomic mass is 10.0. The predicted octanol–water partition coefficient (Wildman–Crippen LogP) is 5.95. The molecule has 41 heavy (non-hydrogen) atoms. The standard InChI is InChI=1S/C30H27ClN4O4S2/c1-22-14-16-34(17-15-22)41(38,39)28-9-5-6-23(18-28)30-24(21-35(33-30)26-7-3-2-4-8-26)19-29(20-32)40(36,37)27-12-10-25(31)11-13-27/h2-13,18-19,21-22H,14-17H2,1H3/b29-19+. The fraction of sp³-hybridized carbons (Fsp3) is 0.200. The lowest BCUT2D eigenvalue weighted by molar-refractivity contribution is 0.288. The second-order valence-electron chi connectivity index (χ2n) is 9.91. The monoisotopic (exact) mass is 606 g/mol. The molecule has 0 N–H and O–H groups in total. The summed E-state index contributed by atoms with van der Waals surface area (Å²) in [5.74, 6) is 0.475. The fourth-order valence-corrected chi connectivity index (χ4v) is 7.45. The van der Waals surface area contributed by atoms with Gasteiger partial charge in [-0.2, -0.15) is 14.7 Å². The molecule has 1 saturated heterocycles. The van der Waals surface area contributed by atoms with E-state index in [-0.39, 0.29) is 9.79 Å². The first kappa shape index (κ1) is 28.8. The normalized spacial score (nSPS) is 15.5. The molecule has 2 heterocycles. The molecule has 1 fully saturated rings. The summed E-state index contributed by atoms with van der Waals surface area (Å²) < 4.78 is 56.7.